The largest absolute Gasteiger partial charge is 0.494 e. The second kappa shape index (κ2) is 14.9. The number of anilines is 6. The molecule has 2 aromatic carbocycles. The molecule has 2 saturated heterocycles. The summed E-state index contributed by atoms with van der Waals surface area (Å²) in [6.07, 6.45) is 14.0. The molecule has 1 aliphatic carbocycles. The van der Waals surface area contributed by atoms with Gasteiger partial charge in [0.2, 0.25) is 5.95 Å². The number of ether oxygens (including phenoxy) is 1. The molecule has 2 aliphatic heterocycles. The molecular weight excluding hydrogens is 633 g/mol. The lowest BCUT2D eigenvalue weighted by Crippen LogP contribution is -2.52. The van der Waals surface area contributed by atoms with Gasteiger partial charge in [-0.15, -0.1) is 0 Å². The van der Waals surface area contributed by atoms with Gasteiger partial charge in [-0.1, -0.05) is 25.8 Å². The average Bonchev–Trinajstić information content (AvgIpc) is 3.98. The monoisotopic (exact) mass is 682 g/mol. The second-order valence-electron chi connectivity index (χ2n) is 13.4. The number of nitrogens with zero attached hydrogens (tertiary/aromatic N) is 8. The number of fused-ring (bicyclic) bond motifs is 1. The molecule has 49 heavy (non-hydrogen) atoms. The lowest BCUT2D eigenvalue weighted by molar-refractivity contribution is 0.0982. The minimum absolute atomic E-state index is 0.489. The summed E-state index contributed by atoms with van der Waals surface area (Å²) in [5.74, 6) is 2.09. The van der Waals surface area contributed by atoms with Crippen molar-refractivity contribution in [2.24, 2.45) is 0 Å². The highest BCUT2D eigenvalue weighted by Crippen LogP contribution is 2.44. The van der Waals surface area contributed by atoms with Crippen LogP contribution in [0, 0.1) is 0 Å². The molecule has 0 unspecified atom stereocenters. The lowest BCUT2D eigenvalue weighted by atomic mass is 9.99. The normalized spacial score (nSPS) is 17.8. The summed E-state index contributed by atoms with van der Waals surface area (Å²) < 4.78 is 8.35. The van der Waals surface area contributed by atoms with Gasteiger partial charge in [0, 0.05) is 93.5 Å². The van der Waals surface area contributed by atoms with Crippen molar-refractivity contribution >= 4 is 57.5 Å². The highest BCUT2D eigenvalue weighted by molar-refractivity contribution is 8.00. The number of benzene rings is 2. The Bertz CT molecular complexity index is 1750. The molecule has 2 N–H and O–H groups in total. The third kappa shape index (κ3) is 7.22. The maximum atomic E-state index is 5.98. The summed E-state index contributed by atoms with van der Waals surface area (Å²) in [6, 6.07) is 9.71. The van der Waals surface area contributed by atoms with Gasteiger partial charge in [0.1, 0.15) is 17.1 Å². The highest BCUT2D eigenvalue weighted by atomic mass is 32.2. The number of hydrogen-bond donors (Lipinski definition) is 2. The molecule has 12 heteroatoms. The zero-order valence-corrected chi connectivity index (χ0v) is 30.4. The number of hydrogen-bond acceptors (Lipinski definition) is 12. The van der Waals surface area contributed by atoms with E-state index in [0.717, 1.165) is 71.2 Å². The van der Waals surface area contributed by atoms with E-state index < -0.39 is 0 Å². The first-order valence-electron chi connectivity index (χ1n) is 17.8. The smallest absolute Gasteiger partial charge is 0.229 e. The Morgan fingerprint density at radius 1 is 0.878 bits per heavy atom. The molecule has 4 aromatic rings. The first kappa shape index (κ1) is 33.6. The Kier molecular flexibility index (Phi) is 10.2. The Morgan fingerprint density at radius 2 is 1.63 bits per heavy atom. The van der Waals surface area contributed by atoms with E-state index in [1.165, 1.54) is 63.1 Å². The van der Waals surface area contributed by atoms with Gasteiger partial charge in [-0.25, -0.2) is 4.98 Å². The number of likely N-dealkylation sites (N-methyl/N-ethyl adjacent to an activating group) is 1. The van der Waals surface area contributed by atoms with E-state index >= 15 is 0 Å². The van der Waals surface area contributed by atoms with Gasteiger partial charge in [-0.3, -0.25) is 14.9 Å². The SMILES string of the molecule is CCc1cc(Nc2ncc(CC)c(Nc3ccc4nccnc4c3N(SC)C3CC3)n2)c(OC)cc1N1CCC(N2CCN(C)CC2)CC1. The topological polar surface area (TPSA) is 97.8 Å². The van der Waals surface area contributed by atoms with Crippen LogP contribution in [0.1, 0.15) is 50.7 Å². The number of nitrogens with one attached hydrogen (secondary N) is 2. The fourth-order valence-corrected chi connectivity index (χ4v) is 8.15. The molecule has 3 aliphatic rings. The minimum Gasteiger partial charge on any atom is -0.494 e. The molecule has 2 aromatic heterocycles. The summed E-state index contributed by atoms with van der Waals surface area (Å²) in [7, 11) is 3.97. The Hall–Kier alpha value is -3.87. The third-order valence-corrected chi connectivity index (χ3v) is 11.2. The van der Waals surface area contributed by atoms with Gasteiger partial charge in [0.25, 0.3) is 0 Å². The first-order chi connectivity index (χ1) is 24.0. The molecule has 1 saturated carbocycles. The zero-order chi connectivity index (χ0) is 33.9. The lowest BCUT2D eigenvalue weighted by Gasteiger charge is -2.43. The van der Waals surface area contributed by atoms with E-state index in [0.29, 0.717) is 18.0 Å². The number of piperazine rings is 1. The van der Waals surface area contributed by atoms with Crippen LogP contribution in [0.15, 0.2) is 42.9 Å². The van der Waals surface area contributed by atoms with E-state index in [1.54, 1.807) is 31.5 Å². The Morgan fingerprint density at radius 3 is 2.33 bits per heavy atom. The zero-order valence-electron chi connectivity index (χ0n) is 29.6. The van der Waals surface area contributed by atoms with Crippen molar-refractivity contribution in [3.63, 3.8) is 0 Å². The molecule has 11 nitrogen and oxygen atoms in total. The standard InChI is InChI=1S/C37H50N10OS/c1-6-25-22-31(33(48-4)23-32(25)46-16-12-27(13-17-46)45-20-18-44(3)19-21-45)42-37-40-24-26(7-2)36(43-37)41-30-11-10-29-34(39-15-14-38-29)35(30)47(49-5)28-8-9-28/h10-11,14-15,22-24,27-28H,6-9,12-13,16-21H2,1-5H3,(H2,40,41,42,43). The quantitative estimate of drug-likeness (QED) is 0.160. The maximum Gasteiger partial charge on any atom is 0.229 e. The highest BCUT2D eigenvalue weighted by Gasteiger charge is 2.33. The number of rotatable bonds is 12. The fraction of sp³-hybridized carbons (Fsp3) is 0.514. The molecule has 4 heterocycles. The van der Waals surface area contributed by atoms with Gasteiger partial charge >= 0.3 is 0 Å². The van der Waals surface area contributed by atoms with Crippen LogP contribution in [0.2, 0.25) is 0 Å². The van der Waals surface area contributed by atoms with Crippen molar-refractivity contribution < 1.29 is 4.74 Å². The third-order valence-electron chi connectivity index (χ3n) is 10.3. The van der Waals surface area contributed by atoms with Crippen LogP contribution in [0.5, 0.6) is 5.75 Å². The van der Waals surface area contributed by atoms with Crippen LogP contribution in [-0.4, -0.2) is 102 Å². The van der Waals surface area contributed by atoms with E-state index in [1.807, 2.05) is 12.3 Å². The van der Waals surface area contributed by atoms with Gasteiger partial charge in [-0.05, 0) is 69.3 Å². The molecule has 0 spiro atoms. The molecule has 0 amide bonds. The molecule has 0 bridgehead atoms. The van der Waals surface area contributed by atoms with Crippen molar-refractivity contribution in [3.8, 4) is 5.75 Å². The predicted molar refractivity (Wildman–Crippen MR) is 203 cm³/mol. The molecular formula is C37H50N10OS. The van der Waals surface area contributed by atoms with E-state index in [4.69, 9.17) is 19.7 Å². The number of aromatic nitrogens is 4. The minimum atomic E-state index is 0.489. The molecule has 7 rings (SSSR count). The van der Waals surface area contributed by atoms with Crippen LogP contribution in [0.4, 0.5) is 34.5 Å². The number of aryl methyl sites for hydroxylation is 2. The van der Waals surface area contributed by atoms with Crippen LogP contribution in [0.25, 0.3) is 11.0 Å². The summed E-state index contributed by atoms with van der Waals surface area (Å²) in [6.45, 7) is 11.2. The van der Waals surface area contributed by atoms with E-state index in [9.17, 15) is 0 Å². The summed E-state index contributed by atoms with van der Waals surface area (Å²) in [5, 5.41) is 7.20. The Labute approximate surface area is 295 Å². The van der Waals surface area contributed by atoms with Crippen LogP contribution in [0.3, 0.4) is 0 Å². The van der Waals surface area contributed by atoms with Crippen molar-refractivity contribution in [2.75, 3.05) is 79.5 Å². The van der Waals surface area contributed by atoms with Crippen molar-refractivity contribution in [1.29, 1.82) is 0 Å². The molecule has 0 atom stereocenters. The number of piperidine rings is 1. The van der Waals surface area contributed by atoms with Crippen LogP contribution in [-0.2, 0) is 12.8 Å². The average molecular weight is 683 g/mol. The summed E-state index contributed by atoms with van der Waals surface area (Å²) in [5.41, 5.74) is 8.25. The van der Waals surface area contributed by atoms with Gasteiger partial charge < -0.3 is 29.5 Å². The van der Waals surface area contributed by atoms with Crippen molar-refractivity contribution in [2.45, 2.75) is 64.5 Å². The summed E-state index contributed by atoms with van der Waals surface area (Å²) >= 11 is 1.73. The fourth-order valence-electron chi connectivity index (χ4n) is 7.28. The number of methoxy groups -OCH3 is 1. The van der Waals surface area contributed by atoms with E-state index in [2.05, 4.69) is 80.0 Å². The molecule has 3 fully saturated rings. The molecule has 0 radical (unpaired) electrons. The van der Waals surface area contributed by atoms with Crippen LogP contribution >= 0.6 is 11.9 Å². The van der Waals surface area contributed by atoms with Gasteiger partial charge in [-0.2, -0.15) is 4.98 Å². The predicted octanol–water partition coefficient (Wildman–Crippen LogP) is 6.50. The second-order valence-corrected chi connectivity index (χ2v) is 14.1. The van der Waals surface area contributed by atoms with Gasteiger partial charge in [0.15, 0.2) is 0 Å². The summed E-state index contributed by atoms with van der Waals surface area (Å²) in [4.78, 5) is 26.8. The Balaban J connectivity index is 1.13. The molecule has 260 valence electrons. The van der Waals surface area contributed by atoms with E-state index in [-0.39, 0.29) is 0 Å². The van der Waals surface area contributed by atoms with Crippen molar-refractivity contribution in [1.82, 2.24) is 29.7 Å². The first-order valence-corrected chi connectivity index (χ1v) is 19.0. The van der Waals surface area contributed by atoms with Crippen molar-refractivity contribution in [3.05, 3.63) is 54.0 Å². The maximum absolute atomic E-state index is 5.98. The van der Waals surface area contributed by atoms with Gasteiger partial charge in [0.05, 0.1) is 29.7 Å². The van der Waals surface area contributed by atoms with Crippen LogP contribution < -0.4 is 24.6 Å².